The van der Waals surface area contributed by atoms with Crippen LogP contribution in [0, 0.1) is 0 Å². The minimum atomic E-state index is -0.0988. The molecule has 0 radical (unpaired) electrons. The second-order valence-corrected chi connectivity index (χ2v) is 5.08. The molecule has 0 saturated heterocycles. The van der Waals surface area contributed by atoms with Gasteiger partial charge in [0.05, 0.1) is 22.8 Å². The van der Waals surface area contributed by atoms with Crippen LogP contribution in [0.4, 0.5) is 5.69 Å². The Morgan fingerprint density at radius 1 is 1.20 bits per heavy atom. The third-order valence-electron chi connectivity index (χ3n) is 2.94. The van der Waals surface area contributed by atoms with Crippen molar-refractivity contribution in [3.05, 3.63) is 57.6 Å². The van der Waals surface area contributed by atoms with E-state index in [1.807, 2.05) is 24.3 Å². The fourth-order valence-electron chi connectivity index (χ4n) is 1.87. The number of hydrogen-bond acceptors (Lipinski definition) is 3. The quantitative estimate of drug-likeness (QED) is 0.686. The summed E-state index contributed by atoms with van der Waals surface area (Å²) >= 11 is 11.9. The van der Waals surface area contributed by atoms with Crippen molar-refractivity contribution in [2.75, 3.05) is 12.8 Å². The Kier molecular flexibility index (Phi) is 4.53. The predicted octanol–water partition coefficient (Wildman–Crippen LogP) is 4.01. The number of ketones is 1. The number of anilines is 1. The second kappa shape index (κ2) is 6.16. The molecule has 104 valence electrons. The van der Waals surface area contributed by atoms with Crippen LogP contribution in [-0.2, 0) is 6.42 Å². The largest absolute Gasteiger partial charge is 0.496 e. The van der Waals surface area contributed by atoms with E-state index < -0.39 is 0 Å². The standard InChI is InChI=1S/C15H13Cl2NO2/c1-20-14-5-3-2-4-9(14)8-13(19)10-6-11(16)15(18)12(17)7-10/h2-7H,8,18H2,1H3. The maximum Gasteiger partial charge on any atom is 0.167 e. The van der Waals surface area contributed by atoms with Crippen LogP contribution < -0.4 is 10.5 Å². The average Bonchev–Trinajstić information content (AvgIpc) is 2.44. The molecule has 0 aliphatic heterocycles. The first-order chi connectivity index (χ1) is 9.52. The smallest absolute Gasteiger partial charge is 0.167 e. The van der Waals surface area contributed by atoms with Crippen molar-refractivity contribution in [2.45, 2.75) is 6.42 Å². The molecule has 2 N–H and O–H groups in total. The number of nitrogen functional groups attached to an aromatic ring is 1. The number of ether oxygens (including phenoxy) is 1. The van der Waals surface area contributed by atoms with Gasteiger partial charge in [0.15, 0.2) is 5.78 Å². The number of Topliss-reactive ketones (excluding diaryl/α,β-unsaturated/α-hetero) is 1. The Labute approximate surface area is 127 Å². The summed E-state index contributed by atoms with van der Waals surface area (Å²) in [5.41, 5.74) is 7.17. The van der Waals surface area contributed by atoms with Crippen LogP contribution in [0.2, 0.25) is 10.0 Å². The molecule has 0 aromatic heterocycles. The Morgan fingerprint density at radius 2 is 1.80 bits per heavy atom. The van der Waals surface area contributed by atoms with Gasteiger partial charge in [-0.15, -0.1) is 0 Å². The molecule has 2 rings (SSSR count). The zero-order valence-corrected chi connectivity index (χ0v) is 12.3. The first-order valence-electron chi connectivity index (χ1n) is 5.92. The van der Waals surface area contributed by atoms with Crippen LogP contribution >= 0.6 is 23.2 Å². The van der Waals surface area contributed by atoms with E-state index in [0.717, 1.165) is 5.56 Å². The lowest BCUT2D eigenvalue weighted by molar-refractivity contribution is 0.0992. The van der Waals surface area contributed by atoms with Gasteiger partial charge >= 0.3 is 0 Å². The van der Waals surface area contributed by atoms with E-state index in [9.17, 15) is 4.79 Å². The first-order valence-corrected chi connectivity index (χ1v) is 6.68. The topological polar surface area (TPSA) is 52.3 Å². The van der Waals surface area contributed by atoms with Gasteiger partial charge in [0.1, 0.15) is 5.75 Å². The fraction of sp³-hybridized carbons (Fsp3) is 0.133. The van der Waals surface area contributed by atoms with Gasteiger partial charge in [-0.05, 0) is 18.2 Å². The van der Waals surface area contributed by atoms with Crippen molar-refractivity contribution in [1.82, 2.24) is 0 Å². The highest BCUT2D eigenvalue weighted by Gasteiger charge is 2.13. The lowest BCUT2D eigenvalue weighted by Crippen LogP contribution is -2.05. The fourth-order valence-corrected chi connectivity index (χ4v) is 2.36. The molecule has 0 fully saturated rings. The third kappa shape index (κ3) is 3.06. The molecule has 0 atom stereocenters. The lowest BCUT2D eigenvalue weighted by Gasteiger charge is -2.09. The van der Waals surface area contributed by atoms with E-state index in [1.165, 1.54) is 12.1 Å². The van der Waals surface area contributed by atoms with E-state index in [2.05, 4.69) is 0 Å². The molecular weight excluding hydrogens is 297 g/mol. The van der Waals surface area contributed by atoms with E-state index in [-0.39, 0.29) is 27.9 Å². The number of carbonyl (C=O) groups excluding carboxylic acids is 1. The molecular formula is C15H13Cl2NO2. The Balaban J connectivity index is 2.29. The van der Waals surface area contributed by atoms with E-state index in [4.69, 9.17) is 33.7 Å². The van der Waals surface area contributed by atoms with E-state index in [1.54, 1.807) is 7.11 Å². The first kappa shape index (κ1) is 14.7. The zero-order valence-electron chi connectivity index (χ0n) is 10.8. The van der Waals surface area contributed by atoms with Crippen LogP contribution in [0.5, 0.6) is 5.75 Å². The molecule has 2 aromatic rings. The monoisotopic (exact) mass is 309 g/mol. The molecule has 0 unspecified atom stereocenters. The summed E-state index contributed by atoms with van der Waals surface area (Å²) in [5, 5.41) is 0.557. The number of methoxy groups -OCH3 is 1. The summed E-state index contributed by atoms with van der Waals surface area (Å²) < 4.78 is 5.22. The minimum Gasteiger partial charge on any atom is -0.496 e. The molecule has 20 heavy (non-hydrogen) atoms. The molecule has 0 aliphatic rings. The van der Waals surface area contributed by atoms with Crippen molar-refractivity contribution in [2.24, 2.45) is 0 Å². The summed E-state index contributed by atoms with van der Waals surface area (Å²) in [4.78, 5) is 12.3. The molecule has 0 bridgehead atoms. The number of benzene rings is 2. The highest BCUT2D eigenvalue weighted by molar-refractivity contribution is 6.39. The SMILES string of the molecule is COc1ccccc1CC(=O)c1cc(Cl)c(N)c(Cl)c1. The predicted molar refractivity (Wildman–Crippen MR) is 81.9 cm³/mol. The van der Waals surface area contributed by atoms with Crippen LogP contribution in [0.1, 0.15) is 15.9 Å². The molecule has 0 heterocycles. The Morgan fingerprint density at radius 3 is 2.40 bits per heavy atom. The van der Waals surface area contributed by atoms with Crippen LogP contribution in [0.3, 0.4) is 0 Å². The average molecular weight is 310 g/mol. The number of para-hydroxylation sites is 1. The molecule has 5 heteroatoms. The maximum atomic E-state index is 12.3. The number of halogens is 2. The van der Waals surface area contributed by atoms with Crippen molar-refractivity contribution in [1.29, 1.82) is 0 Å². The summed E-state index contributed by atoms with van der Waals surface area (Å²) in [6, 6.07) is 10.4. The molecule has 2 aromatic carbocycles. The third-order valence-corrected chi connectivity index (χ3v) is 3.57. The summed E-state index contributed by atoms with van der Waals surface area (Å²) in [5.74, 6) is 0.576. The lowest BCUT2D eigenvalue weighted by atomic mass is 10.0. The van der Waals surface area contributed by atoms with Gasteiger partial charge in [0, 0.05) is 17.5 Å². The molecule has 0 aliphatic carbocycles. The van der Waals surface area contributed by atoms with Crippen molar-refractivity contribution in [3.8, 4) is 5.75 Å². The summed E-state index contributed by atoms with van der Waals surface area (Å²) in [6.07, 6.45) is 0.209. The number of rotatable bonds is 4. The van der Waals surface area contributed by atoms with E-state index in [0.29, 0.717) is 11.3 Å². The maximum absolute atomic E-state index is 12.3. The zero-order chi connectivity index (χ0) is 14.7. The van der Waals surface area contributed by atoms with Crippen LogP contribution in [-0.4, -0.2) is 12.9 Å². The van der Waals surface area contributed by atoms with Crippen LogP contribution in [0.15, 0.2) is 36.4 Å². The van der Waals surface area contributed by atoms with Gasteiger partial charge in [-0.25, -0.2) is 0 Å². The summed E-state index contributed by atoms with van der Waals surface area (Å²) in [6.45, 7) is 0. The molecule has 0 spiro atoms. The highest BCUT2D eigenvalue weighted by atomic mass is 35.5. The molecule has 0 saturated carbocycles. The van der Waals surface area contributed by atoms with Crippen molar-refractivity contribution < 1.29 is 9.53 Å². The minimum absolute atomic E-state index is 0.0988. The van der Waals surface area contributed by atoms with Gasteiger partial charge in [-0.1, -0.05) is 41.4 Å². The van der Waals surface area contributed by atoms with Gasteiger partial charge in [0.25, 0.3) is 0 Å². The number of nitrogens with two attached hydrogens (primary N) is 1. The van der Waals surface area contributed by atoms with E-state index >= 15 is 0 Å². The van der Waals surface area contributed by atoms with Gasteiger partial charge in [0.2, 0.25) is 0 Å². The van der Waals surface area contributed by atoms with Crippen molar-refractivity contribution in [3.63, 3.8) is 0 Å². The van der Waals surface area contributed by atoms with Gasteiger partial charge < -0.3 is 10.5 Å². The Bertz CT molecular complexity index is 633. The van der Waals surface area contributed by atoms with Gasteiger partial charge in [-0.2, -0.15) is 0 Å². The second-order valence-electron chi connectivity index (χ2n) is 4.27. The summed E-state index contributed by atoms with van der Waals surface area (Å²) in [7, 11) is 1.57. The van der Waals surface area contributed by atoms with Crippen molar-refractivity contribution >= 4 is 34.7 Å². The normalized spacial score (nSPS) is 10.3. The molecule has 3 nitrogen and oxygen atoms in total. The Hall–Kier alpha value is -1.71. The van der Waals surface area contributed by atoms with Crippen LogP contribution in [0.25, 0.3) is 0 Å². The molecule has 0 amide bonds. The highest BCUT2D eigenvalue weighted by Crippen LogP contribution is 2.29. The van der Waals surface area contributed by atoms with Gasteiger partial charge in [-0.3, -0.25) is 4.79 Å². The number of carbonyl (C=O) groups is 1. The number of hydrogen-bond donors (Lipinski definition) is 1.